The zero-order valence-corrected chi connectivity index (χ0v) is 13.0. The Morgan fingerprint density at radius 2 is 2.05 bits per heavy atom. The average molecular weight is 303 g/mol. The number of carbonyl (C=O) groups excluding carboxylic acids is 1. The summed E-state index contributed by atoms with van der Waals surface area (Å²) < 4.78 is 5.44. The predicted octanol–water partition coefficient (Wildman–Crippen LogP) is 1.50. The molecule has 2 aliphatic heterocycles. The van der Waals surface area contributed by atoms with Crippen LogP contribution in [0.4, 0.5) is 5.69 Å². The Balaban J connectivity index is 1.45. The van der Waals surface area contributed by atoms with Gasteiger partial charge in [-0.2, -0.15) is 0 Å². The fourth-order valence-corrected chi connectivity index (χ4v) is 3.32. The molecule has 0 spiro atoms. The van der Waals surface area contributed by atoms with Crippen LogP contribution in [-0.4, -0.2) is 49.7 Å². The van der Waals surface area contributed by atoms with Crippen molar-refractivity contribution in [2.45, 2.75) is 25.3 Å². The molecule has 3 rings (SSSR count). The number of nitrogens with one attached hydrogen (secondary N) is 1. The molecule has 22 heavy (non-hydrogen) atoms. The topological polar surface area (TPSA) is 67.6 Å². The Kier molecular flexibility index (Phi) is 4.95. The van der Waals surface area contributed by atoms with Crippen molar-refractivity contribution in [3.8, 4) is 0 Å². The molecule has 2 aliphatic rings. The first kappa shape index (κ1) is 15.3. The number of anilines is 1. The third kappa shape index (κ3) is 3.78. The average Bonchev–Trinajstić information content (AvgIpc) is 3.02. The largest absolute Gasteiger partial charge is 0.398 e. The molecular formula is C17H25N3O2. The second-order valence-electron chi connectivity index (χ2n) is 6.37. The van der Waals surface area contributed by atoms with Crippen LogP contribution in [0.25, 0.3) is 0 Å². The van der Waals surface area contributed by atoms with E-state index in [1.165, 1.54) is 6.42 Å². The molecule has 1 atom stereocenters. The number of para-hydroxylation sites is 1. The number of hydrogen-bond donors (Lipinski definition) is 2. The van der Waals surface area contributed by atoms with E-state index in [9.17, 15) is 4.79 Å². The van der Waals surface area contributed by atoms with Gasteiger partial charge in [0, 0.05) is 38.0 Å². The van der Waals surface area contributed by atoms with E-state index in [2.05, 4.69) is 10.2 Å². The first-order valence-corrected chi connectivity index (χ1v) is 8.18. The Hall–Kier alpha value is -1.59. The molecule has 120 valence electrons. The summed E-state index contributed by atoms with van der Waals surface area (Å²) in [5.74, 6) is 0.635. The molecule has 0 aromatic heterocycles. The standard InChI is InChI=1S/C17H25N3O2/c18-16-4-2-1-3-15(16)17(21)19-14-5-8-20(9-6-14)11-13-7-10-22-12-13/h1-4,13-14H,5-12,18H2,(H,19,21). The van der Waals surface area contributed by atoms with Gasteiger partial charge in [0.05, 0.1) is 12.2 Å². The summed E-state index contributed by atoms with van der Waals surface area (Å²) >= 11 is 0. The number of ether oxygens (including phenoxy) is 1. The van der Waals surface area contributed by atoms with Crippen molar-refractivity contribution < 1.29 is 9.53 Å². The van der Waals surface area contributed by atoms with Gasteiger partial charge in [0.1, 0.15) is 0 Å². The molecule has 0 aliphatic carbocycles. The minimum Gasteiger partial charge on any atom is -0.398 e. The number of benzene rings is 1. The van der Waals surface area contributed by atoms with Crippen LogP contribution in [-0.2, 0) is 4.74 Å². The Bertz CT molecular complexity index is 506. The highest BCUT2D eigenvalue weighted by Gasteiger charge is 2.25. The normalized spacial score (nSPS) is 23.5. The molecule has 1 unspecified atom stereocenters. The van der Waals surface area contributed by atoms with Crippen LogP contribution in [0, 0.1) is 5.92 Å². The second kappa shape index (κ2) is 7.11. The molecule has 2 heterocycles. The van der Waals surface area contributed by atoms with E-state index < -0.39 is 0 Å². The summed E-state index contributed by atoms with van der Waals surface area (Å²) in [4.78, 5) is 14.8. The van der Waals surface area contributed by atoms with Crippen LogP contribution < -0.4 is 11.1 Å². The van der Waals surface area contributed by atoms with E-state index in [4.69, 9.17) is 10.5 Å². The van der Waals surface area contributed by atoms with Crippen LogP contribution in [0.3, 0.4) is 0 Å². The SMILES string of the molecule is Nc1ccccc1C(=O)NC1CCN(CC2CCOC2)CC1. The third-order valence-corrected chi connectivity index (χ3v) is 4.67. The van der Waals surface area contributed by atoms with Crippen LogP contribution >= 0.6 is 0 Å². The molecule has 0 bridgehead atoms. The van der Waals surface area contributed by atoms with Crippen molar-refractivity contribution in [3.05, 3.63) is 29.8 Å². The number of amides is 1. The van der Waals surface area contributed by atoms with Gasteiger partial charge >= 0.3 is 0 Å². The number of nitrogens with two attached hydrogens (primary N) is 1. The van der Waals surface area contributed by atoms with Gasteiger partial charge in [-0.05, 0) is 37.3 Å². The molecule has 0 saturated carbocycles. The fourth-order valence-electron chi connectivity index (χ4n) is 3.32. The summed E-state index contributed by atoms with van der Waals surface area (Å²) in [5, 5.41) is 3.12. The highest BCUT2D eigenvalue weighted by molar-refractivity contribution is 5.99. The fraction of sp³-hybridized carbons (Fsp3) is 0.588. The minimum atomic E-state index is -0.0549. The lowest BCUT2D eigenvalue weighted by atomic mass is 10.0. The highest BCUT2D eigenvalue weighted by atomic mass is 16.5. The number of nitrogens with zero attached hydrogens (tertiary/aromatic N) is 1. The lowest BCUT2D eigenvalue weighted by Gasteiger charge is -2.33. The quantitative estimate of drug-likeness (QED) is 0.827. The Morgan fingerprint density at radius 1 is 1.27 bits per heavy atom. The zero-order valence-electron chi connectivity index (χ0n) is 13.0. The van der Waals surface area contributed by atoms with Gasteiger partial charge in [-0.15, -0.1) is 0 Å². The van der Waals surface area contributed by atoms with E-state index in [-0.39, 0.29) is 11.9 Å². The van der Waals surface area contributed by atoms with Crippen molar-refractivity contribution in [2.24, 2.45) is 5.92 Å². The van der Waals surface area contributed by atoms with Crippen molar-refractivity contribution in [1.29, 1.82) is 0 Å². The van der Waals surface area contributed by atoms with Crippen LogP contribution in [0.15, 0.2) is 24.3 Å². The molecule has 1 aromatic rings. The maximum Gasteiger partial charge on any atom is 0.253 e. The van der Waals surface area contributed by atoms with Crippen LogP contribution in [0.2, 0.25) is 0 Å². The lowest BCUT2D eigenvalue weighted by molar-refractivity contribution is 0.0904. The molecule has 3 N–H and O–H groups in total. The Labute approximate surface area is 131 Å². The van der Waals surface area contributed by atoms with Crippen molar-refractivity contribution >= 4 is 11.6 Å². The van der Waals surface area contributed by atoms with Crippen LogP contribution in [0.5, 0.6) is 0 Å². The summed E-state index contributed by atoms with van der Waals surface area (Å²) in [6.45, 7) is 5.05. The minimum absolute atomic E-state index is 0.0549. The maximum absolute atomic E-state index is 12.3. The summed E-state index contributed by atoms with van der Waals surface area (Å²) in [6.07, 6.45) is 3.20. The molecular weight excluding hydrogens is 278 g/mol. The van der Waals surface area contributed by atoms with Gasteiger partial charge in [0.15, 0.2) is 0 Å². The zero-order chi connectivity index (χ0) is 15.4. The van der Waals surface area contributed by atoms with Gasteiger partial charge < -0.3 is 20.7 Å². The lowest BCUT2D eigenvalue weighted by Crippen LogP contribution is -2.46. The van der Waals surface area contributed by atoms with Gasteiger partial charge in [0.2, 0.25) is 0 Å². The van der Waals surface area contributed by atoms with Crippen molar-refractivity contribution in [1.82, 2.24) is 10.2 Å². The monoisotopic (exact) mass is 303 g/mol. The van der Waals surface area contributed by atoms with Gasteiger partial charge in [-0.25, -0.2) is 0 Å². The molecule has 5 nitrogen and oxygen atoms in total. The number of carbonyl (C=O) groups is 1. The van der Waals surface area contributed by atoms with E-state index in [0.717, 1.165) is 45.7 Å². The van der Waals surface area contributed by atoms with Crippen LogP contribution in [0.1, 0.15) is 29.6 Å². The van der Waals surface area contributed by atoms with Gasteiger partial charge in [0.25, 0.3) is 5.91 Å². The number of nitrogen functional groups attached to an aromatic ring is 1. The predicted molar refractivity (Wildman–Crippen MR) is 86.7 cm³/mol. The second-order valence-corrected chi connectivity index (χ2v) is 6.37. The molecule has 2 saturated heterocycles. The number of piperidine rings is 1. The van der Waals surface area contributed by atoms with Gasteiger partial charge in [-0.1, -0.05) is 12.1 Å². The summed E-state index contributed by atoms with van der Waals surface area (Å²) in [7, 11) is 0. The molecule has 2 fully saturated rings. The van der Waals surface area contributed by atoms with Crippen molar-refractivity contribution in [2.75, 3.05) is 38.6 Å². The van der Waals surface area contributed by atoms with E-state index >= 15 is 0 Å². The summed E-state index contributed by atoms with van der Waals surface area (Å²) in [5.41, 5.74) is 6.98. The molecule has 0 radical (unpaired) electrons. The number of rotatable bonds is 4. The smallest absolute Gasteiger partial charge is 0.253 e. The summed E-state index contributed by atoms with van der Waals surface area (Å²) in [6, 6.07) is 7.49. The molecule has 1 aromatic carbocycles. The van der Waals surface area contributed by atoms with E-state index in [0.29, 0.717) is 17.2 Å². The van der Waals surface area contributed by atoms with E-state index in [1.807, 2.05) is 12.1 Å². The number of likely N-dealkylation sites (tertiary alicyclic amines) is 1. The first-order chi connectivity index (χ1) is 10.7. The highest BCUT2D eigenvalue weighted by Crippen LogP contribution is 2.18. The van der Waals surface area contributed by atoms with E-state index in [1.54, 1.807) is 12.1 Å². The van der Waals surface area contributed by atoms with Crippen molar-refractivity contribution in [3.63, 3.8) is 0 Å². The molecule has 1 amide bonds. The maximum atomic E-state index is 12.3. The first-order valence-electron chi connectivity index (χ1n) is 8.18. The van der Waals surface area contributed by atoms with Gasteiger partial charge in [-0.3, -0.25) is 4.79 Å². The third-order valence-electron chi connectivity index (χ3n) is 4.67. The Morgan fingerprint density at radius 3 is 2.73 bits per heavy atom. The molecule has 5 heteroatoms. The number of hydrogen-bond acceptors (Lipinski definition) is 4.